The molecule has 1 atom stereocenters. The van der Waals surface area contributed by atoms with Crippen LogP contribution in [0.15, 0.2) is 58.3 Å². The number of allylic oxidation sites excluding steroid dienone is 2. The predicted octanol–water partition coefficient (Wildman–Crippen LogP) is 4.34. The first-order valence-corrected chi connectivity index (χ1v) is 8.42. The summed E-state index contributed by atoms with van der Waals surface area (Å²) in [4.78, 5) is 25.4. The third-order valence-corrected chi connectivity index (χ3v) is 4.96. The maximum atomic E-state index is 12.7. The van der Waals surface area contributed by atoms with Gasteiger partial charge in [-0.3, -0.25) is 9.59 Å². The van der Waals surface area contributed by atoms with E-state index in [0.29, 0.717) is 18.4 Å². The molecule has 1 aliphatic carbocycles. The second-order valence-electron chi connectivity index (χ2n) is 5.86. The molecule has 0 saturated heterocycles. The summed E-state index contributed by atoms with van der Waals surface area (Å²) < 4.78 is 6.86. The molecule has 24 heavy (non-hydrogen) atoms. The maximum Gasteiger partial charge on any atom is 0.232 e. The summed E-state index contributed by atoms with van der Waals surface area (Å²) in [6.45, 7) is 0. The summed E-state index contributed by atoms with van der Waals surface area (Å²) in [7, 11) is 0. The van der Waals surface area contributed by atoms with Crippen molar-refractivity contribution in [3.05, 3.63) is 75.0 Å². The van der Waals surface area contributed by atoms with Crippen LogP contribution in [0.1, 0.15) is 45.2 Å². The van der Waals surface area contributed by atoms with E-state index in [1.807, 2.05) is 24.3 Å². The van der Waals surface area contributed by atoms with Gasteiger partial charge in [0, 0.05) is 15.6 Å². The van der Waals surface area contributed by atoms with Crippen molar-refractivity contribution in [2.75, 3.05) is 0 Å². The molecule has 0 bridgehead atoms. The van der Waals surface area contributed by atoms with Gasteiger partial charge in [-0.05, 0) is 36.6 Å². The lowest BCUT2D eigenvalue weighted by molar-refractivity contribution is 0.0617. The van der Waals surface area contributed by atoms with Gasteiger partial charge >= 0.3 is 0 Å². The first-order chi connectivity index (χ1) is 11.6. The Morgan fingerprint density at radius 2 is 1.79 bits per heavy atom. The monoisotopic (exact) mass is 384 g/mol. The molecule has 2 aliphatic rings. The number of aromatic hydroxyl groups is 1. The number of ketones is 2. The van der Waals surface area contributed by atoms with E-state index in [4.69, 9.17) is 4.74 Å². The quantitative estimate of drug-likeness (QED) is 0.793. The lowest BCUT2D eigenvalue weighted by atomic mass is 9.83. The molecule has 0 spiro atoms. The van der Waals surface area contributed by atoms with Crippen LogP contribution in [0.4, 0.5) is 0 Å². The lowest BCUT2D eigenvalue weighted by Gasteiger charge is -2.30. The van der Waals surface area contributed by atoms with E-state index >= 15 is 0 Å². The SMILES string of the molecule is O=C1C2=C(OC(c3ccc(Br)cc3)CC2)C(=O)c2c(O)cccc21. The van der Waals surface area contributed by atoms with Crippen molar-refractivity contribution in [2.45, 2.75) is 18.9 Å². The molecule has 0 amide bonds. The Labute approximate surface area is 146 Å². The van der Waals surface area contributed by atoms with E-state index in [-0.39, 0.29) is 34.5 Å². The van der Waals surface area contributed by atoms with E-state index in [0.717, 1.165) is 10.0 Å². The first-order valence-electron chi connectivity index (χ1n) is 7.63. The Bertz CT molecular complexity index is 896. The molecule has 1 N–H and O–H groups in total. The highest BCUT2D eigenvalue weighted by Crippen LogP contribution is 2.41. The van der Waals surface area contributed by atoms with E-state index in [9.17, 15) is 14.7 Å². The highest BCUT2D eigenvalue weighted by atomic mass is 79.9. The molecular formula is C19H13BrO4. The highest BCUT2D eigenvalue weighted by Gasteiger charge is 2.39. The number of rotatable bonds is 1. The number of halogens is 1. The molecular weight excluding hydrogens is 372 g/mol. The van der Waals surface area contributed by atoms with Crippen molar-refractivity contribution in [1.82, 2.24) is 0 Å². The zero-order valence-electron chi connectivity index (χ0n) is 12.6. The number of Topliss-reactive ketones (excluding diaryl/α,β-unsaturated/α-hetero) is 2. The van der Waals surface area contributed by atoms with Crippen molar-refractivity contribution in [3.8, 4) is 5.75 Å². The van der Waals surface area contributed by atoms with Gasteiger partial charge in [0.05, 0.1) is 5.56 Å². The Morgan fingerprint density at radius 1 is 1.04 bits per heavy atom. The average Bonchev–Trinajstić information content (AvgIpc) is 2.60. The van der Waals surface area contributed by atoms with Crippen molar-refractivity contribution < 1.29 is 19.4 Å². The fraction of sp³-hybridized carbons (Fsp3) is 0.158. The van der Waals surface area contributed by atoms with Crippen LogP contribution in [0, 0.1) is 0 Å². The number of phenolic OH excluding ortho intramolecular Hbond substituents is 1. The molecule has 1 aliphatic heterocycles. The molecule has 0 radical (unpaired) electrons. The molecule has 4 nitrogen and oxygen atoms in total. The summed E-state index contributed by atoms with van der Waals surface area (Å²) in [6.07, 6.45) is 0.838. The summed E-state index contributed by atoms with van der Waals surface area (Å²) in [5.74, 6) is -0.760. The number of hydrogen-bond donors (Lipinski definition) is 1. The summed E-state index contributed by atoms with van der Waals surface area (Å²) in [5, 5.41) is 9.99. The van der Waals surface area contributed by atoms with Gasteiger partial charge in [0.2, 0.25) is 5.78 Å². The smallest absolute Gasteiger partial charge is 0.232 e. The largest absolute Gasteiger partial charge is 0.507 e. The first kappa shape index (κ1) is 15.1. The Balaban J connectivity index is 1.74. The Morgan fingerprint density at radius 3 is 2.54 bits per heavy atom. The van der Waals surface area contributed by atoms with E-state index in [1.165, 1.54) is 6.07 Å². The average molecular weight is 385 g/mol. The van der Waals surface area contributed by atoms with Gasteiger partial charge in [-0.1, -0.05) is 40.2 Å². The highest BCUT2D eigenvalue weighted by molar-refractivity contribution is 9.10. The van der Waals surface area contributed by atoms with Crippen LogP contribution >= 0.6 is 15.9 Å². The number of carbonyl (C=O) groups is 2. The molecule has 5 heteroatoms. The second kappa shape index (κ2) is 5.60. The molecule has 0 fully saturated rings. The topological polar surface area (TPSA) is 63.6 Å². The van der Waals surface area contributed by atoms with Gasteiger partial charge in [-0.2, -0.15) is 0 Å². The predicted molar refractivity (Wildman–Crippen MR) is 91.0 cm³/mol. The van der Waals surface area contributed by atoms with Crippen LogP contribution in [0.3, 0.4) is 0 Å². The number of carbonyl (C=O) groups excluding carboxylic acids is 2. The van der Waals surface area contributed by atoms with Gasteiger partial charge in [0.15, 0.2) is 11.5 Å². The third-order valence-electron chi connectivity index (χ3n) is 4.43. The normalized spacial score (nSPS) is 19.6. The fourth-order valence-electron chi connectivity index (χ4n) is 3.22. The van der Waals surface area contributed by atoms with Crippen LogP contribution in [0.2, 0.25) is 0 Å². The molecule has 0 aromatic heterocycles. The number of fused-ring (bicyclic) bond motifs is 1. The van der Waals surface area contributed by atoms with Crippen molar-refractivity contribution >= 4 is 27.5 Å². The number of phenols is 1. The van der Waals surface area contributed by atoms with Crippen molar-refractivity contribution in [3.63, 3.8) is 0 Å². The van der Waals surface area contributed by atoms with Crippen LogP contribution in [0.5, 0.6) is 5.75 Å². The van der Waals surface area contributed by atoms with Crippen molar-refractivity contribution in [2.24, 2.45) is 0 Å². The molecule has 4 rings (SSSR count). The molecule has 0 saturated carbocycles. The maximum absolute atomic E-state index is 12.7. The van der Waals surface area contributed by atoms with Crippen LogP contribution in [-0.4, -0.2) is 16.7 Å². The zero-order chi connectivity index (χ0) is 16.8. The molecule has 2 aromatic rings. The zero-order valence-corrected chi connectivity index (χ0v) is 14.2. The van der Waals surface area contributed by atoms with E-state index in [1.54, 1.807) is 12.1 Å². The molecule has 2 aromatic carbocycles. The minimum Gasteiger partial charge on any atom is -0.507 e. The summed E-state index contributed by atoms with van der Waals surface area (Å²) >= 11 is 3.39. The summed E-state index contributed by atoms with van der Waals surface area (Å²) in [6, 6.07) is 12.2. The molecule has 1 heterocycles. The van der Waals surface area contributed by atoms with Crippen molar-refractivity contribution in [1.29, 1.82) is 0 Å². The minimum absolute atomic E-state index is 0.0395. The van der Waals surface area contributed by atoms with Crippen LogP contribution in [-0.2, 0) is 4.74 Å². The second-order valence-corrected chi connectivity index (χ2v) is 6.78. The van der Waals surface area contributed by atoms with Gasteiger partial charge < -0.3 is 9.84 Å². The van der Waals surface area contributed by atoms with Gasteiger partial charge in [0.25, 0.3) is 0 Å². The lowest BCUT2D eigenvalue weighted by Crippen LogP contribution is -2.28. The number of hydrogen-bond acceptors (Lipinski definition) is 4. The molecule has 120 valence electrons. The Hall–Kier alpha value is -2.40. The third kappa shape index (κ3) is 2.27. The van der Waals surface area contributed by atoms with Crippen LogP contribution in [0.25, 0.3) is 0 Å². The van der Waals surface area contributed by atoms with Gasteiger partial charge in [-0.25, -0.2) is 0 Å². The van der Waals surface area contributed by atoms with Crippen LogP contribution < -0.4 is 0 Å². The van der Waals surface area contributed by atoms with E-state index < -0.39 is 5.78 Å². The summed E-state index contributed by atoms with van der Waals surface area (Å²) in [5.41, 5.74) is 1.65. The minimum atomic E-state index is -0.417. The number of ether oxygens (including phenoxy) is 1. The standard InChI is InChI=1S/C19H13BrO4/c20-11-6-4-10(5-7-11)15-9-8-13-17(22)12-2-1-3-14(21)16(12)18(23)19(13)24-15/h1-7,15,21H,8-9H2. The fourth-order valence-corrected chi connectivity index (χ4v) is 3.49. The Kier molecular flexibility index (Phi) is 3.53. The van der Waals surface area contributed by atoms with Gasteiger partial charge in [0.1, 0.15) is 11.9 Å². The number of benzene rings is 2. The van der Waals surface area contributed by atoms with Gasteiger partial charge in [-0.15, -0.1) is 0 Å². The van der Waals surface area contributed by atoms with E-state index in [2.05, 4.69) is 15.9 Å². The molecule has 1 unspecified atom stereocenters.